The number of ether oxygens (including phenoxy) is 2. The van der Waals surface area contributed by atoms with E-state index in [-0.39, 0.29) is 23.3 Å². The number of rotatable bonds is 4. The molecule has 2 aliphatic rings. The van der Waals surface area contributed by atoms with E-state index in [0.717, 1.165) is 0 Å². The first kappa shape index (κ1) is 22.7. The van der Waals surface area contributed by atoms with E-state index in [1.165, 1.54) is 30.5 Å². The van der Waals surface area contributed by atoms with Crippen LogP contribution in [0.4, 0.5) is 8.78 Å². The number of aromatic nitrogens is 1. The van der Waals surface area contributed by atoms with Gasteiger partial charge in [0.25, 0.3) is 5.91 Å². The van der Waals surface area contributed by atoms with Crippen molar-refractivity contribution in [1.82, 2.24) is 14.8 Å². The number of carbonyl (C=O) groups is 2. The maximum absolute atomic E-state index is 13.1. The third kappa shape index (κ3) is 5.11. The number of halogens is 2. The molecule has 2 aliphatic heterocycles. The van der Waals surface area contributed by atoms with Gasteiger partial charge in [0.1, 0.15) is 5.60 Å². The SMILES string of the molecule is CC(C)(O)c1ccc(C(=O)N2CCN(C(=O)/C=C/c3ccc4c(c3)OC(F)(F)O4)CC2)cn1. The summed E-state index contributed by atoms with van der Waals surface area (Å²) in [7, 11) is 0. The predicted molar refractivity (Wildman–Crippen MR) is 114 cm³/mol. The Morgan fingerprint density at radius 2 is 1.73 bits per heavy atom. The molecule has 0 radical (unpaired) electrons. The first-order valence-corrected chi connectivity index (χ1v) is 10.4. The number of nitrogens with zero attached hydrogens (tertiary/aromatic N) is 3. The van der Waals surface area contributed by atoms with Crippen LogP contribution in [-0.2, 0) is 10.4 Å². The maximum atomic E-state index is 13.1. The molecule has 1 fully saturated rings. The van der Waals surface area contributed by atoms with Gasteiger partial charge in [0.2, 0.25) is 5.91 Å². The van der Waals surface area contributed by atoms with Crippen LogP contribution in [0.2, 0.25) is 0 Å². The van der Waals surface area contributed by atoms with Crippen LogP contribution in [0.25, 0.3) is 6.08 Å². The Bertz CT molecular complexity index is 1090. The summed E-state index contributed by atoms with van der Waals surface area (Å²) in [5, 5.41) is 9.98. The smallest absolute Gasteiger partial charge is 0.395 e. The molecule has 8 nitrogen and oxygen atoms in total. The van der Waals surface area contributed by atoms with Crippen molar-refractivity contribution in [1.29, 1.82) is 0 Å². The highest BCUT2D eigenvalue weighted by Gasteiger charge is 2.43. The van der Waals surface area contributed by atoms with Crippen molar-refractivity contribution in [2.45, 2.75) is 25.7 Å². The first-order chi connectivity index (χ1) is 15.5. The zero-order valence-corrected chi connectivity index (χ0v) is 18.1. The Morgan fingerprint density at radius 3 is 2.36 bits per heavy atom. The zero-order chi connectivity index (χ0) is 23.8. The Hall–Kier alpha value is -3.53. The highest BCUT2D eigenvalue weighted by atomic mass is 19.3. The summed E-state index contributed by atoms with van der Waals surface area (Å²) >= 11 is 0. The lowest BCUT2D eigenvalue weighted by Gasteiger charge is -2.34. The molecule has 10 heteroatoms. The third-order valence-corrected chi connectivity index (χ3v) is 5.36. The number of pyridine rings is 1. The second-order valence-electron chi connectivity index (χ2n) is 8.32. The lowest BCUT2D eigenvalue weighted by atomic mass is 10.0. The lowest BCUT2D eigenvalue weighted by molar-refractivity contribution is -0.286. The average molecular weight is 459 g/mol. The van der Waals surface area contributed by atoms with Gasteiger partial charge in [-0.25, -0.2) is 0 Å². The minimum atomic E-state index is -3.69. The standard InChI is InChI=1S/C23H23F2N3O5/c1-22(2,31)19-7-5-16(14-26-19)21(30)28-11-9-27(10-12-28)20(29)8-4-15-3-6-17-18(13-15)33-23(24,25)32-17/h3-8,13-14,31H,9-12H2,1-2H3/b8-4+. The van der Waals surface area contributed by atoms with Gasteiger partial charge < -0.3 is 24.4 Å². The highest BCUT2D eigenvalue weighted by molar-refractivity contribution is 5.95. The van der Waals surface area contributed by atoms with Crippen LogP contribution in [0, 0.1) is 0 Å². The molecule has 0 bridgehead atoms. The fraction of sp³-hybridized carbons (Fsp3) is 0.348. The highest BCUT2D eigenvalue weighted by Crippen LogP contribution is 2.41. The number of alkyl halides is 2. The average Bonchev–Trinajstić information content (AvgIpc) is 3.09. The van der Waals surface area contributed by atoms with Crippen molar-refractivity contribution in [3.05, 3.63) is 59.4 Å². The van der Waals surface area contributed by atoms with Gasteiger partial charge in [0, 0.05) is 38.5 Å². The van der Waals surface area contributed by atoms with Crippen molar-refractivity contribution in [3.63, 3.8) is 0 Å². The quantitative estimate of drug-likeness (QED) is 0.707. The molecule has 33 heavy (non-hydrogen) atoms. The number of fused-ring (bicyclic) bond motifs is 1. The van der Waals surface area contributed by atoms with Gasteiger partial charge in [-0.2, -0.15) is 0 Å². The van der Waals surface area contributed by atoms with Crippen molar-refractivity contribution in [2.24, 2.45) is 0 Å². The van der Waals surface area contributed by atoms with Gasteiger partial charge >= 0.3 is 6.29 Å². The molecule has 2 amide bonds. The topological polar surface area (TPSA) is 92.2 Å². The van der Waals surface area contributed by atoms with Crippen LogP contribution in [0.15, 0.2) is 42.6 Å². The number of carbonyl (C=O) groups excluding carboxylic acids is 2. The molecule has 1 aromatic carbocycles. The van der Waals surface area contributed by atoms with E-state index in [9.17, 15) is 23.5 Å². The second-order valence-corrected chi connectivity index (χ2v) is 8.32. The molecule has 0 unspecified atom stereocenters. The van der Waals surface area contributed by atoms with Crippen molar-refractivity contribution in [3.8, 4) is 11.5 Å². The molecule has 1 aromatic heterocycles. The minimum absolute atomic E-state index is 0.0609. The molecule has 0 aliphatic carbocycles. The molecule has 0 saturated carbocycles. The van der Waals surface area contributed by atoms with Crippen molar-refractivity contribution >= 4 is 17.9 Å². The lowest BCUT2D eigenvalue weighted by Crippen LogP contribution is -2.50. The fourth-order valence-corrected chi connectivity index (χ4v) is 3.54. The van der Waals surface area contributed by atoms with Gasteiger partial charge in [-0.1, -0.05) is 6.07 Å². The summed E-state index contributed by atoms with van der Waals surface area (Å²) in [6.07, 6.45) is 0.616. The number of hydrogen-bond donors (Lipinski definition) is 1. The van der Waals surface area contributed by atoms with Crippen LogP contribution in [0.5, 0.6) is 11.5 Å². The van der Waals surface area contributed by atoms with Gasteiger partial charge in [-0.3, -0.25) is 14.6 Å². The van der Waals surface area contributed by atoms with Crippen LogP contribution >= 0.6 is 0 Å². The molecule has 0 spiro atoms. The van der Waals surface area contributed by atoms with E-state index in [2.05, 4.69) is 14.5 Å². The minimum Gasteiger partial charge on any atom is -0.395 e. The molecule has 3 heterocycles. The van der Waals surface area contributed by atoms with Crippen LogP contribution in [-0.4, -0.2) is 64.2 Å². The Morgan fingerprint density at radius 1 is 1.06 bits per heavy atom. The predicted octanol–water partition coefficient (Wildman–Crippen LogP) is 2.63. The van der Waals surface area contributed by atoms with Crippen molar-refractivity contribution < 1.29 is 33.0 Å². The summed E-state index contributed by atoms with van der Waals surface area (Å²) in [6, 6.07) is 7.52. The van der Waals surface area contributed by atoms with E-state index in [0.29, 0.717) is 43.0 Å². The van der Waals surface area contributed by atoms with Crippen LogP contribution < -0.4 is 9.47 Å². The Labute approximate surface area is 189 Å². The van der Waals surface area contributed by atoms with E-state index in [1.807, 2.05) is 0 Å². The molecule has 174 valence electrons. The number of piperazine rings is 1. The van der Waals surface area contributed by atoms with Gasteiger partial charge in [0.15, 0.2) is 11.5 Å². The summed E-state index contributed by atoms with van der Waals surface area (Å²) in [4.78, 5) is 32.6. The normalized spacial score (nSPS) is 17.5. The maximum Gasteiger partial charge on any atom is 0.586 e. The summed E-state index contributed by atoms with van der Waals surface area (Å²) in [5.74, 6) is -0.591. The van der Waals surface area contributed by atoms with E-state index < -0.39 is 11.9 Å². The second kappa shape index (κ2) is 8.43. The number of amides is 2. The Balaban J connectivity index is 1.32. The molecular weight excluding hydrogens is 436 g/mol. The zero-order valence-electron chi connectivity index (χ0n) is 18.1. The molecule has 0 atom stereocenters. The summed E-state index contributed by atoms with van der Waals surface area (Å²) < 4.78 is 35.0. The number of aliphatic hydroxyl groups is 1. The van der Waals surface area contributed by atoms with Gasteiger partial charge in [0.05, 0.1) is 11.3 Å². The van der Waals surface area contributed by atoms with E-state index in [1.54, 1.807) is 41.8 Å². The van der Waals surface area contributed by atoms with Gasteiger partial charge in [-0.05, 0) is 49.8 Å². The number of hydrogen-bond acceptors (Lipinski definition) is 6. The summed E-state index contributed by atoms with van der Waals surface area (Å²) in [6.45, 7) is 4.68. The Kier molecular flexibility index (Phi) is 5.79. The molecule has 2 aromatic rings. The van der Waals surface area contributed by atoms with Crippen LogP contribution in [0.3, 0.4) is 0 Å². The third-order valence-electron chi connectivity index (χ3n) is 5.36. The van der Waals surface area contributed by atoms with E-state index in [4.69, 9.17) is 0 Å². The molecule has 1 saturated heterocycles. The van der Waals surface area contributed by atoms with Crippen LogP contribution in [0.1, 0.15) is 35.5 Å². The molecule has 4 rings (SSSR count). The molecule has 1 N–H and O–H groups in total. The van der Waals surface area contributed by atoms with Crippen molar-refractivity contribution in [2.75, 3.05) is 26.2 Å². The molecular formula is C23H23F2N3O5. The largest absolute Gasteiger partial charge is 0.586 e. The number of benzene rings is 1. The van der Waals surface area contributed by atoms with Gasteiger partial charge in [-0.15, -0.1) is 8.78 Å². The first-order valence-electron chi connectivity index (χ1n) is 10.4. The monoisotopic (exact) mass is 459 g/mol. The van der Waals surface area contributed by atoms with E-state index >= 15 is 0 Å². The fourth-order valence-electron chi connectivity index (χ4n) is 3.54. The summed E-state index contributed by atoms with van der Waals surface area (Å²) in [5.41, 5.74) is 0.306.